The van der Waals surface area contributed by atoms with E-state index in [9.17, 15) is 4.39 Å². The lowest BCUT2D eigenvalue weighted by Gasteiger charge is -2.31. The zero-order chi connectivity index (χ0) is 18.7. The van der Waals surface area contributed by atoms with Gasteiger partial charge in [0.25, 0.3) is 0 Å². The maximum atomic E-state index is 13.3. The summed E-state index contributed by atoms with van der Waals surface area (Å²) >= 11 is 1.63. The molecule has 5 heteroatoms. The Morgan fingerprint density at radius 3 is 2.59 bits per heavy atom. The second-order valence-electron chi connectivity index (χ2n) is 6.99. The number of nitrogens with one attached hydrogen (secondary N) is 1. The van der Waals surface area contributed by atoms with Gasteiger partial charge in [-0.25, -0.2) is 9.37 Å². The van der Waals surface area contributed by atoms with E-state index in [4.69, 9.17) is 9.72 Å². The van der Waals surface area contributed by atoms with Crippen molar-refractivity contribution in [2.75, 3.05) is 7.11 Å². The fourth-order valence-corrected chi connectivity index (χ4v) is 4.76. The third-order valence-corrected chi connectivity index (χ3v) is 6.28. The second-order valence-corrected chi connectivity index (χ2v) is 7.85. The van der Waals surface area contributed by atoms with Gasteiger partial charge < -0.3 is 10.1 Å². The molecule has 140 valence electrons. The SMILES string of the molecule is COc1ccccc1-c1nc(CNC2(c3ccc(F)cc3)CCCC2)cs1. The summed E-state index contributed by atoms with van der Waals surface area (Å²) in [5.41, 5.74) is 3.13. The van der Waals surface area contributed by atoms with Crippen LogP contribution in [0.5, 0.6) is 5.75 Å². The Kier molecular flexibility index (Phi) is 5.23. The van der Waals surface area contributed by atoms with Crippen molar-refractivity contribution in [3.8, 4) is 16.3 Å². The van der Waals surface area contributed by atoms with Crippen LogP contribution in [-0.2, 0) is 12.1 Å². The van der Waals surface area contributed by atoms with Crippen molar-refractivity contribution in [3.63, 3.8) is 0 Å². The minimum absolute atomic E-state index is 0.0814. The molecule has 0 bridgehead atoms. The average molecular weight is 383 g/mol. The normalized spacial score (nSPS) is 15.8. The van der Waals surface area contributed by atoms with Crippen molar-refractivity contribution >= 4 is 11.3 Å². The summed E-state index contributed by atoms with van der Waals surface area (Å²) in [5.74, 6) is 0.651. The predicted molar refractivity (Wildman–Crippen MR) is 107 cm³/mol. The molecule has 1 saturated carbocycles. The van der Waals surface area contributed by atoms with E-state index < -0.39 is 0 Å². The van der Waals surface area contributed by atoms with Gasteiger partial charge in [0.1, 0.15) is 16.6 Å². The molecular weight excluding hydrogens is 359 g/mol. The molecule has 1 fully saturated rings. The van der Waals surface area contributed by atoms with Crippen LogP contribution in [-0.4, -0.2) is 12.1 Å². The first-order chi connectivity index (χ1) is 13.2. The third kappa shape index (κ3) is 3.75. The Morgan fingerprint density at radius 2 is 1.85 bits per heavy atom. The number of rotatable bonds is 6. The lowest BCUT2D eigenvalue weighted by molar-refractivity contribution is 0.337. The summed E-state index contributed by atoms with van der Waals surface area (Å²) < 4.78 is 18.8. The van der Waals surface area contributed by atoms with Crippen LogP contribution in [0.25, 0.3) is 10.6 Å². The highest BCUT2D eigenvalue weighted by atomic mass is 32.1. The van der Waals surface area contributed by atoms with Crippen molar-refractivity contribution in [1.82, 2.24) is 10.3 Å². The third-order valence-electron chi connectivity index (χ3n) is 5.35. The van der Waals surface area contributed by atoms with E-state index in [2.05, 4.69) is 10.7 Å². The minimum atomic E-state index is -0.187. The molecule has 4 rings (SSSR count). The van der Waals surface area contributed by atoms with Crippen LogP contribution in [0.2, 0.25) is 0 Å². The van der Waals surface area contributed by atoms with Crippen LogP contribution in [0, 0.1) is 5.82 Å². The van der Waals surface area contributed by atoms with Gasteiger partial charge in [0.05, 0.1) is 18.4 Å². The van der Waals surface area contributed by atoms with Gasteiger partial charge in [0.2, 0.25) is 0 Å². The van der Waals surface area contributed by atoms with E-state index in [-0.39, 0.29) is 11.4 Å². The summed E-state index contributed by atoms with van der Waals surface area (Å²) in [5, 5.41) is 6.79. The number of methoxy groups -OCH3 is 1. The number of thiazole rings is 1. The molecule has 3 nitrogen and oxygen atoms in total. The molecule has 0 saturated heterocycles. The fourth-order valence-electron chi connectivity index (χ4n) is 3.91. The van der Waals surface area contributed by atoms with Gasteiger partial charge in [-0.3, -0.25) is 0 Å². The van der Waals surface area contributed by atoms with E-state index in [1.807, 2.05) is 36.4 Å². The predicted octanol–water partition coefficient (Wildman–Crippen LogP) is 5.52. The van der Waals surface area contributed by atoms with Crippen molar-refractivity contribution < 1.29 is 9.13 Å². The van der Waals surface area contributed by atoms with E-state index in [1.54, 1.807) is 30.6 Å². The number of para-hydroxylation sites is 1. The van der Waals surface area contributed by atoms with E-state index in [0.29, 0.717) is 6.54 Å². The van der Waals surface area contributed by atoms with E-state index >= 15 is 0 Å². The van der Waals surface area contributed by atoms with Gasteiger partial charge in [-0.05, 0) is 42.7 Å². The molecule has 0 radical (unpaired) electrons. The van der Waals surface area contributed by atoms with Crippen LogP contribution >= 0.6 is 11.3 Å². The topological polar surface area (TPSA) is 34.1 Å². The van der Waals surface area contributed by atoms with Crippen LogP contribution in [0.3, 0.4) is 0 Å². The van der Waals surface area contributed by atoms with Crippen LogP contribution in [0.15, 0.2) is 53.9 Å². The first-order valence-corrected chi connectivity index (χ1v) is 10.2. The first kappa shape index (κ1) is 18.1. The maximum Gasteiger partial charge on any atom is 0.129 e. The van der Waals surface area contributed by atoms with Gasteiger partial charge in [-0.2, -0.15) is 0 Å². The molecule has 0 spiro atoms. The smallest absolute Gasteiger partial charge is 0.129 e. The highest BCUT2D eigenvalue weighted by Crippen LogP contribution is 2.39. The number of hydrogen-bond donors (Lipinski definition) is 1. The largest absolute Gasteiger partial charge is 0.496 e. The molecule has 1 aliphatic carbocycles. The molecule has 0 amide bonds. The zero-order valence-electron chi connectivity index (χ0n) is 15.4. The molecule has 1 N–H and O–H groups in total. The Morgan fingerprint density at radius 1 is 1.11 bits per heavy atom. The number of halogens is 1. The number of aromatic nitrogens is 1. The van der Waals surface area contributed by atoms with Gasteiger partial charge in [0, 0.05) is 17.5 Å². The molecular formula is C22H23FN2OS. The maximum absolute atomic E-state index is 13.3. The van der Waals surface area contributed by atoms with Crippen molar-refractivity contribution in [3.05, 3.63) is 71.0 Å². The lowest BCUT2D eigenvalue weighted by atomic mass is 9.88. The molecule has 0 aliphatic heterocycles. The highest BCUT2D eigenvalue weighted by Gasteiger charge is 2.35. The second kappa shape index (κ2) is 7.79. The first-order valence-electron chi connectivity index (χ1n) is 9.29. The summed E-state index contributed by atoms with van der Waals surface area (Å²) in [6.07, 6.45) is 4.52. The Bertz CT molecular complexity index is 901. The van der Waals surface area contributed by atoms with Crippen LogP contribution < -0.4 is 10.1 Å². The minimum Gasteiger partial charge on any atom is -0.496 e. The van der Waals surface area contributed by atoms with Crippen LogP contribution in [0.1, 0.15) is 36.9 Å². The standard InChI is InChI=1S/C22H23FN2OS/c1-26-20-7-3-2-6-19(20)21-25-18(15-27-21)14-24-22(12-4-5-13-22)16-8-10-17(23)11-9-16/h2-3,6-11,15,24H,4-5,12-14H2,1H3. The number of nitrogens with zero attached hydrogens (tertiary/aromatic N) is 1. The molecule has 1 heterocycles. The number of ether oxygens (including phenoxy) is 1. The molecule has 0 atom stereocenters. The summed E-state index contributed by atoms with van der Waals surface area (Å²) in [6, 6.07) is 14.9. The zero-order valence-corrected chi connectivity index (χ0v) is 16.2. The number of benzene rings is 2. The number of hydrogen-bond acceptors (Lipinski definition) is 4. The molecule has 2 aromatic carbocycles. The lowest BCUT2D eigenvalue weighted by Crippen LogP contribution is -2.39. The summed E-state index contributed by atoms with van der Waals surface area (Å²) in [6.45, 7) is 0.697. The Labute approximate surface area is 163 Å². The van der Waals surface area contributed by atoms with Gasteiger partial charge >= 0.3 is 0 Å². The average Bonchev–Trinajstić information content (AvgIpc) is 3.37. The van der Waals surface area contributed by atoms with Crippen molar-refractivity contribution in [2.45, 2.75) is 37.8 Å². The van der Waals surface area contributed by atoms with Crippen LogP contribution in [0.4, 0.5) is 4.39 Å². The van der Waals surface area contributed by atoms with Gasteiger partial charge in [-0.1, -0.05) is 37.1 Å². The summed E-state index contributed by atoms with van der Waals surface area (Å²) in [7, 11) is 1.68. The quantitative estimate of drug-likeness (QED) is 0.610. The van der Waals surface area contributed by atoms with Crippen molar-refractivity contribution in [1.29, 1.82) is 0 Å². The molecule has 3 aromatic rings. The molecule has 27 heavy (non-hydrogen) atoms. The molecule has 1 aliphatic rings. The molecule has 1 aromatic heterocycles. The monoisotopic (exact) mass is 382 g/mol. The molecule has 0 unspecified atom stereocenters. The van der Waals surface area contributed by atoms with Crippen molar-refractivity contribution in [2.24, 2.45) is 0 Å². The van der Waals surface area contributed by atoms with Gasteiger partial charge in [-0.15, -0.1) is 11.3 Å². The summed E-state index contributed by atoms with van der Waals surface area (Å²) in [4.78, 5) is 4.80. The van der Waals surface area contributed by atoms with E-state index in [1.165, 1.54) is 18.4 Å². The fraction of sp³-hybridized carbons (Fsp3) is 0.318. The Hall–Kier alpha value is -2.24. The Balaban J connectivity index is 1.52. The van der Waals surface area contributed by atoms with E-state index in [0.717, 1.165) is 34.9 Å². The highest BCUT2D eigenvalue weighted by molar-refractivity contribution is 7.13. The van der Waals surface area contributed by atoms with Gasteiger partial charge in [0.15, 0.2) is 0 Å².